The summed E-state index contributed by atoms with van der Waals surface area (Å²) in [5.74, 6) is 0.174. The first-order chi connectivity index (χ1) is 13.3. The molecular formula is C20H28N4O4. The number of pyridine rings is 1. The summed E-state index contributed by atoms with van der Waals surface area (Å²) in [4.78, 5) is 32.6. The Morgan fingerprint density at radius 1 is 1.32 bits per heavy atom. The number of nitrogens with zero attached hydrogens (tertiary/aromatic N) is 3. The molecule has 0 radical (unpaired) electrons. The van der Waals surface area contributed by atoms with Crippen molar-refractivity contribution < 1.29 is 19.1 Å². The molecule has 0 unspecified atom stereocenters. The predicted molar refractivity (Wildman–Crippen MR) is 106 cm³/mol. The van der Waals surface area contributed by atoms with Gasteiger partial charge in [-0.3, -0.25) is 10.2 Å². The number of esters is 1. The number of aromatic nitrogens is 1. The van der Waals surface area contributed by atoms with Crippen LogP contribution in [0.15, 0.2) is 18.3 Å². The zero-order valence-corrected chi connectivity index (χ0v) is 16.7. The Kier molecular flexibility index (Phi) is 6.31. The van der Waals surface area contributed by atoms with E-state index in [-0.39, 0.29) is 6.03 Å². The maximum atomic E-state index is 12.3. The van der Waals surface area contributed by atoms with Crippen molar-refractivity contribution in [1.29, 1.82) is 0 Å². The van der Waals surface area contributed by atoms with Gasteiger partial charge in [-0.2, -0.15) is 0 Å². The van der Waals surface area contributed by atoms with Crippen molar-refractivity contribution in [2.24, 2.45) is 0 Å². The third-order valence-electron chi connectivity index (χ3n) is 4.47. The number of urea groups is 1. The molecule has 1 aromatic rings. The molecule has 2 amide bonds. The van der Waals surface area contributed by atoms with Gasteiger partial charge in [0.05, 0.1) is 19.8 Å². The molecule has 1 fully saturated rings. The summed E-state index contributed by atoms with van der Waals surface area (Å²) in [6.45, 7) is 10.7. The highest BCUT2D eigenvalue weighted by Crippen LogP contribution is 2.22. The molecule has 1 saturated heterocycles. The molecule has 1 N–H and O–H groups in total. The lowest BCUT2D eigenvalue weighted by Gasteiger charge is -2.32. The minimum Gasteiger partial charge on any atom is -0.457 e. The summed E-state index contributed by atoms with van der Waals surface area (Å²) in [6.07, 6.45) is 4.70. The van der Waals surface area contributed by atoms with Crippen LogP contribution < -0.4 is 5.32 Å². The lowest BCUT2D eigenvalue weighted by molar-refractivity contribution is -0.148. The Morgan fingerprint density at radius 2 is 2.07 bits per heavy atom. The molecule has 0 saturated carbocycles. The van der Waals surface area contributed by atoms with Crippen molar-refractivity contribution >= 4 is 23.9 Å². The van der Waals surface area contributed by atoms with Gasteiger partial charge in [-0.25, -0.2) is 14.6 Å². The van der Waals surface area contributed by atoms with Gasteiger partial charge in [0.2, 0.25) is 0 Å². The predicted octanol–water partition coefficient (Wildman–Crippen LogP) is 2.12. The van der Waals surface area contributed by atoms with Crippen LogP contribution in [0.25, 0.3) is 6.08 Å². The van der Waals surface area contributed by atoms with Crippen LogP contribution in [0.5, 0.6) is 0 Å². The van der Waals surface area contributed by atoms with Gasteiger partial charge < -0.3 is 14.4 Å². The monoisotopic (exact) mass is 388 g/mol. The van der Waals surface area contributed by atoms with E-state index in [0.29, 0.717) is 18.9 Å². The lowest BCUT2D eigenvalue weighted by Crippen LogP contribution is -2.45. The number of fused-ring (bicyclic) bond motifs is 1. The Labute approximate surface area is 165 Å². The van der Waals surface area contributed by atoms with Gasteiger partial charge >= 0.3 is 12.0 Å². The second-order valence-corrected chi connectivity index (χ2v) is 7.95. The summed E-state index contributed by atoms with van der Waals surface area (Å²) in [7, 11) is 0. The summed E-state index contributed by atoms with van der Waals surface area (Å²) < 4.78 is 10.6. The molecule has 3 heterocycles. The van der Waals surface area contributed by atoms with Crippen LogP contribution in [0.3, 0.4) is 0 Å². The smallest absolute Gasteiger partial charge is 0.331 e. The second-order valence-electron chi connectivity index (χ2n) is 7.95. The van der Waals surface area contributed by atoms with Crippen LogP contribution in [0.2, 0.25) is 0 Å². The largest absolute Gasteiger partial charge is 0.457 e. The number of anilines is 1. The highest BCUT2D eigenvalue weighted by Gasteiger charge is 2.24. The van der Waals surface area contributed by atoms with Gasteiger partial charge in [0, 0.05) is 44.0 Å². The third kappa shape index (κ3) is 5.77. The maximum absolute atomic E-state index is 12.3. The summed E-state index contributed by atoms with van der Waals surface area (Å²) in [6, 6.07) is 1.80. The molecule has 1 aromatic heterocycles. The van der Waals surface area contributed by atoms with E-state index in [2.05, 4.69) is 15.2 Å². The van der Waals surface area contributed by atoms with Gasteiger partial charge in [-0.1, -0.05) is 0 Å². The lowest BCUT2D eigenvalue weighted by atomic mass is 10.1. The molecule has 3 rings (SSSR count). The van der Waals surface area contributed by atoms with Crippen LogP contribution in [0.4, 0.5) is 10.6 Å². The van der Waals surface area contributed by atoms with Crippen molar-refractivity contribution in [3.63, 3.8) is 0 Å². The molecule has 28 heavy (non-hydrogen) atoms. The highest BCUT2D eigenvalue weighted by molar-refractivity contribution is 5.91. The van der Waals surface area contributed by atoms with Gasteiger partial charge in [-0.05, 0) is 38.5 Å². The molecule has 0 aromatic carbocycles. The van der Waals surface area contributed by atoms with E-state index in [4.69, 9.17) is 9.47 Å². The fourth-order valence-electron chi connectivity index (χ4n) is 3.08. The molecule has 0 aliphatic carbocycles. The van der Waals surface area contributed by atoms with E-state index in [9.17, 15) is 9.59 Å². The normalized spacial score (nSPS) is 18.1. The molecule has 0 bridgehead atoms. The number of hydrogen-bond acceptors (Lipinski definition) is 6. The molecule has 2 aliphatic rings. The molecule has 8 nitrogen and oxygen atoms in total. The minimum absolute atomic E-state index is 0.134. The standard InChI is InChI=1S/C20H28N4O4/c1-20(2,3)28-17(25)5-4-15-12-16-14-24(19(26)22-18(16)21-13-15)7-6-23-8-10-27-11-9-23/h4-5,12-13H,6-11,14H2,1-3H3,(H,21,22,26)/b5-4+. The maximum Gasteiger partial charge on any atom is 0.331 e. The Balaban J connectivity index is 1.61. The van der Waals surface area contributed by atoms with Crippen LogP contribution in [0, 0.1) is 0 Å². The molecule has 152 valence electrons. The number of morpholine rings is 1. The van der Waals surface area contributed by atoms with E-state index in [1.807, 2.05) is 26.8 Å². The van der Waals surface area contributed by atoms with Gasteiger partial charge in [0.15, 0.2) is 0 Å². The van der Waals surface area contributed by atoms with E-state index in [1.54, 1.807) is 17.2 Å². The van der Waals surface area contributed by atoms with Crippen LogP contribution >= 0.6 is 0 Å². The molecule has 2 aliphatic heterocycles. The topological polar surface area (TPSA) is 84.0 Å². The van der Waals surface area contributed by atoms with Crippen LogP contribution in [0.1, 0.15) is 31.9 Å². The quantitative estimate of drug-likeness (QED) is 0.614. The van der Waals surface area contributed by atoms with Gasteiger partial charge in [0.1, 0.15) is 11.4 Å². The summed E-state index contributed by atoms with van der Waals surface area (Å²) in [5, 5.41) is 2.84. The van der Waals surface area contributed by atoms with E-state index < -0.39 is 11.6 Å². The number of hydrogen-bond donors (Lipinski definition) is 1. The van der Waals surface area contributed by atoms with Crippen molar-refractivity contribution in [3.8, 4) is 0 Å². The molecule has 8 heteroatoms. The SMILES string of the molecule is CC(C)(C)OC(=O)/C=C/c1cnc2c(c1)CN(CCN1CCOCC1)C(=O)N2. The number of carbonyl (C=O) groups is 2. The first-order valence-corrected chi connectivity index (χ1v) is 9.56. The van der Waals surface area contributed by atoms with E-state index >= 15 is 0 Å². The second kappa shape index (κ2) is 8.70. The fourth-order valence-corrected chi connectivity index (χ4v) is 3.08. The number of ether oxygens (including phenoxy) is 2. The van der Waals surface area contributed by atoms with Crippen molar-refractivity contribution in [1.82, 2.24) is 14.8 Å². The van der Waals surface area contributed by atoms with Crippen LogP contribution in [-0.2, 0) is 20.8 Å². The summed E-state index contributed by atoms with van der Waals surface area (Å²) in [5.41, 5.74) is 1.18. The number of rotatable bonds is 5. The Bertz CT molecular complexity index is 751. The average molecular weight is 388 g/mol. The minimum atomic E-state index is -0.527. The molecular weight excluding hydrogens is 360 g/mol. The van der Waals surface area contributed by atoms with E-state index in [0.717, 1.165) is 44.0 Å². The molecule has 0 atom stereocenters. The summed E-state index contributed by atoms with van der Waals surface area (Å²) >= 11 is 0. The Morgan fingerprint density at radius 3 is 2.79 bits per heavy atom. The zero-order chi connectivity index (χ0) is 20.1. The first-order valence-electron chi connectivity index (χ1n) is 9.56. The van der Waals surface area contributed by atoms with Crippen molar-refractivity contribution in [2.45, 2.75) is 32.9 Å². The molecule has 0 spiro atoms. The van der Waals surface area contributed by atoms with Crippen molar-refractivity contribution in [3.05, 3.63) is 29.5 Å². The number of nitrogens with one attached hydrogen (secondary N) is 1. The zero-order valence-electron chi connectivity index (χ0n) is 16.7. The third-order valence-corrected chi connectivity index (χ3v) is 4.47. The van der Waals surface area contributed by atoms with E-state index in [1.165, 1.54) is 6.08 Å². The van der Waals surface area contributed by atoms with Crippen LogP contribution in [-0.4, -0.2) is 71.8 Å². The highest BCUT2D eigenvalue weighted by atomic mass is 16.6. The van der Waals surface area contributed by atoms with Gasteiger partial charge in [0.25, 0.3) is 0 Å². The van der Waals surface area contributed by atoms with Gasteiger partial charge in [-0.15, -0.1) is 0 Å². The number of carbonyl (C=O) groups excluding carboxylic acids is 2. The number of amides is 2. The Hall–Kier alpha value is -2.45. The average Bonchev–Trinajstić information content (AvgIpc) is 2.64. The fraction of sp³-hybridized carbons (Fsp3) is 0.550. The van der Waals surface area contributed by atoms with Crippen molar-refractivity contribution in [2.75, 3.05) is 44.7 Å². The first kappa shape index (κ1) is 20.3.